The summed E-state index contributed by atoms with van der Waals surface area (Å²) in [4.78, 5) is 7.02. The first-order chi connectivity index (χ1) is 9.52. The molecule has 1 aliphatic heterocycles. The van der Waals surface area contributed by atoms with Crippen LogP contribution in [0.4, 0.5) is 5.69 Å². The lowest BCUT2D eigenvalue weighted by atomic mass is 9.80. The predicted molar refractivity (Wildman–Crippen MR) is 83.9 cm³/mol. The van der Waals surface area contributed by atoms with Crippen molar-refractivity contribution in [3.05, 3.63) is 24.0 Å². The summed E-state index contributed by atoms with van der Waals surface area (Å²) in [5, 5.41) is 3.54. The topological polar surface area (TPSA) is 28.2 Å². The third-order valence-corrected chi connectivity index (χ3v) is 4.73. The molecule has 2 heterocycles. The summed E-state index contributed by atoms with van der Waals surface area (Å²) in [6.07, 6.45) is 5.93. The Morgan fingerprint density at radius 1 is 1.30 bits per heavy atom. The molecule has 1 N–H and O–H groups in total. The van der Waals surface area contributed by atoms with Gasteiger partial charge >= 0.3 is 0 Å². The molecule has 0 bridgehead atoms. The lowest BCUT2D eigenvalue weighted by Gasteiger charge is -2.27. The van der Waals surface area contributed by atoms with Gasteiger partial charge in [0.2, 0.25) is 0 Å². The van der Waals surface area contributed by atoms with Gasteiger partial charge in [-0.2, -0.15) is 0 Å². The zero-order valence-corrected chi connectivity index (χ0v) is 13.0. The summed E-state index contributed by atoms with van der Waals surface area (Å²) in [5.41, 5.74) is 2.94. The summed E-state index contributed by atoms with van der Waals surface area (Å²) < 4.78 is 0. The monoisotopic (exact) mass is 273 g/mol. The minimum Gasteiger partial charge on any atom is -0.371 e. The maximum absolute atomic E-state index is 4.49. The van der Waals surface area contributed by atoms with Crippen molar-refractivity contribution in [2.24, 2.45) is 11.3 Å². The van der Waals surface area contributed by atoms with Crippen molar-refractivity contribution in [2.75, 3.05) is 18.0 Å². The van der Waals surface area contributed by atoms with Crippen LogP contribution in [0.3, 0.4) is 0 Å². The highest BCUT2D eigenvalue weighted by Gasteiger charge is 2.31. The molecule has 2 fully saturated rings. The number of aromatic nitrogens is 1. The minimum atomic E-state index is 0.415. The predicted octanol–water partition coefficient (Wildman–Crippen LogP) is 3.21. The van der Waals surface area contributed by atoms with Gasteiger partial charge in [0.1, 0.15) is 0 Å². The molecule has 0 amide bonds. The highest BCUT2D eigenvalue weighted by molar-refractivity contribution is 5.47. The number of nitrogens with zero attached hydrogens (tertiary/aromatic N) is 2. The molecular weight excluding hydrogens is 246 g/mol. The van der Waals surface area contributed by atoms with Crippen LogP contribution in [0.25, 0.3) is 0 Å². The van der Waals surface area contributed by atoms with E-state index in [1.165, 1.54) is 43.7 Å². The number of rotatable bonds is 4. The molecule has 1 unspecified atom stereocenters. The Balaban J connectivity index is 1.63. The van der Waals surface area contributed by atoms with Crippen LogP contribution in [-0.2, 0) is 6.54 Å². The van der Waals surface area contributed by atoms with E-state index in [4.69, 9.17) is 0 Å². The first-order valence-electron chi connectivity index (χ1n) is 7.95. The highest BCUT2D eigenvalue weighted by Crippen LogP contribution is 2.35. The van der Waals surface area contributed by atoms with Crippen molar-refractivity contribution < 1.29 is 0 Å². The summed E-state index contributed by atoms with van der Waals surface area (Å²) >= 11 is 0. The van der Waals surface area contributed by atoms with Crippen LogP contribution in [0.2, 0.25) is 0 Å². The average molecular weight is 273 g/mol. The van der Waals surface area contributed by atoms with Crippen molar-refractivity contribution in [1.29, 1.82) is 0 Å². The minimum absolute atomic E-state index is 0.415. The molecule has 3 heteroatoms. The molecule has 3 nitrogen and oxygen atoms in total. The van der Waals surface area contributed by atoms with E-state index in [0.29, 0.717) is 5.41 Å². The van der Waals surface area contributed by atoms with Gasteiger partial charge in [0.15, 0.2) is 0 Å². The molecule has 1 atom stereocenters. The molecule has 1 saturated carbocycles. The quantitative estimate of drug-likeness (QED) is 0.913. The Hall–Kier alpha value is -1.09. The van der Waals surface area contributed by atoms with E-state index < -0.39 is 0 Å². The summed E-state index contributed by atoms with van der Waals surface area (Å²) in [7, 11) is 0. The van der Waals surface area contributed by atoms with Gasteiger partial charge in [-0.1, -0.05) is 20.8 Å². The fourth-order valence-corrected chi connectivity index (χ4v) is 3.00. The molecule has 1 aromatic heterocycles. The largest absolute Gasteiger partial charge is 0.371 e. The molecule has 0 spiro atoms. The van der Waals surface area contributed by atoms with E-state index in [2.05, 4.69) is 48.1 Å². The Bertz CT molecular complexity index is 460. The van der Waals surface area contributed by atoms with E-state index in [-0.39, 0.29) is 0 Å². The third-order valence-electron chi connectivity index (χ3n) is 4.73. The fourth-order valence-electron chi connectivity index (χ4n) is 3.00. The zero-order valence-electron chi connectivity index (χ0n) is 13.0. The van der Waals surface area contributed by atoms with Gasteiger partial charge in [-0.25, -0.2) is 0 Å². The van der Waals surface area contributed by atoms with E-state index in [1.807, 2.05) is 6.20 Å². The Labute approximate surface area is 122 Å². The molecule has 1 saturated heterocycles. The van der Waals surface area contributed by atoms with Crippen molar-refractivity contribution in [3.63, 3.8) is 0 Å². The summed E-state index contributed by atoms with van der Waals surface area (Å²) in [5.74, 6) is 0.795. The second-order valence-corrected chi connectivity index (χ2v) is 7.46. The van der Waals surface area contributed by atoms with Crippen molar-refractivity contribution in [2.45, 2.75) is 52.6 Å². The van der Waals surface area contributed by atoms with Crippen LogP contribution >= 0.6 is 0 Å². The van der Waals surface area contributed by atoms with Crippen molar-refractivity contribution in [1.82, 2.24) is 10.3 Å². The Morgan fingerprint density at radius 3 is 2.75 bits per heavy atom. The molecule has 1 aromatic rings. The fraction of sp³-hybridized carbons (Fsp3) is 0.706. The van der Waals surface area contributed by atoms with E-state index in [9.17, 15) is 0 Å². The van der Waals surface area contributed by atoms with Gasteiger partial charge in [-0.3, -0.25) is 4.98 Å². The zero-order chi connectivity index (χ0) is 14.2. The van der Waals surface area contributed by atoms with Gasteiger partial charge in [-0.15, -0.1) is 0 Å². The maximum atomic E-state index is 4.49. The lowest BCUT2D eigenvalue weighted by Crippen LogP contribution is -2.26. The van der Waals surface area contributed by atoms with Crippen LogP contribution in [0.5, 0.6) is 0 Å². The van der Waals surface area contributed by atoms with Crippen LogP contribution in [-0.4, -0.2) is 24.1 Å². The van der Waals surface area contributed by atoms with Crippen molar-refractivity contribution >= 4 is 5.69 Å². The Morgan fingerprint density at radius 2 is 2.10 bits per heavy atom. The first kappa shape index (κ1) is 13.9. The highest BCUT2D eigenvalue weighted by atomic mass is 15.2. The van der Waals surface area contributed by atoms with E-state index in [1.54, 1.807) is 0 Å². The third kappa shape index (κ3) is 3.32. The van der Waals surface area contributed by atoms with Crippen LogP contribution < -0.4 is 10.2 Å². The van der Waals surface area contributed by atoms with Gasteiger partial charge < -0.3 is 10.2 Å². The molecule has 1 aliphatic carbocycles. The molecule has 3 rings (SSSR count). The summed E-state index contributed by atoms with van der Waals surface area (Å²) in [6, 6.07) is 5.17. The molecular formula is C17H27N3. The molecule has 2 aliphatic rings. The average Bonchev–Trinajstić information content (AvgIpc) is 3.09. The number of anilines is 1. The molecule has 0 radical (unpaired) electrons. The second-order valence-electron chi connectivity index (χ2n) is 7.46. The standard InChI is InChI=1S/C17H27N3/c1-17(2,3)13-7-9-20(12-13)16-6-8-18-15(10-16)11-19-14-4-5-14/h6,8,10,13-14,19H,4-5,7,9,11-12H2,1-3H3. The number of pyridine rings is 1. The van der Waals surface area contributed by atoms with Crippen LogP contribution in [0.15, 0.2) is 18.3 Å². The van der Waals surface area contributed by atoms with Gasteiger partial charge in [0.25, 0.3) is 0 Å². The lowest BCUT2D eigenvalue weighted by molar-refractivity contribution is 0.263. The second kappa shape index (κ2) is 5.36. The number of nitrogens with one attached hydrogen (secondary N) is 1. The van der Waals surface area contributed by atoms with E-state index >= 15 is 0 Å². The normalized spacial score (nSPS) is 23.4. The maximum Gasteiger partial charge on any atom is 0.0562 e. The van der Waals surface area contributed by atoms with Gasteiger partial charge in [-0.05, 0) is 42.7 Å². The van der Waals surface area contributed by atoms with Gasteiger partial charge in [0, 0.05) is 37.6 Å². The smallest absolute Gasteiger partial charge is 0.0562 e. The summed E-state index contributed by atoms with van der Waals surface area (Å²) in [6.45, 7) is 10.4. The Kier molecular flexibility index (Phi) is 3.72. The molecule has 0 aromatic carbocycles. The van der Waals surface area contributed by atoms with E-state index in [0.717, 1.165) is 18.5 Å². The molecule has 20 heavy (non-hydrogen) atoms. The van der Waals surface area contributed by atoms with Crippen LogP contribution in [0, 0.1) is 11.3 Å². The number of hydrogen-bond acceptors (Lipinski definition) is 3. The van der Waals surface area contributed by atoms with Crippen LogP contribution in [0.1, 0.15) is 45.7 Å². The first-order valence-corrected chi connectivity index (χ1v) is 7.95. The number of hydrogen-bond donors (Lipinski definition) is 1. The molecule has 110 valence electrons. The van der Waals surface area contributed by atoms with Gasteiger partial charge in [0.05, 0.1) is 5.69 Å². The SMILES string of the molecule is CC(C)(C)C1CCN(c2ccnc(CNC3CC3)c2)C1. The van der Waals surface area contributed by atoms with Crippen molar-refractivity contribution in [3.8, 4) is 0 Å².